The monoisotopic (exact) mass is 279 g/mol. The van der Waals surface area contributed by atoms with E-state index < -0.39 is 0 Å². The summed E-state index contributed by atoms with van der Waals surface area (Å²) in [6, 6.07) is 0.724. The summed E-state index contributed by atoms with van der Waals surface area (Å²) in [5, 5.41) is 0. The second kappa shape index (κ2) is 7.23. The molecule has 0 aromatic heterocycles. The summed E-state index contributed by atoms with van der Waals surface area (Å²) in [6.45, 7) is 6.53. The minimum Gasteiger partial charge on any atom is -0.328 e. The summed E-state index contributed by atoms with van der Waals surface area (Å²) in [6.07, 6.45) is 8.91. The number of amides is 1. The summed E-state index contributed by atoms with van der Waals surface area (Å²) in [7, 11) is 0. The van der Waals surface area contributed by atoms with E-state index in [9.17, 15) is 4.79 Å². The smallest absolute Gasteiger partial charge is 0.240 e. The number of carbonyl (C=O) groups is 1. The van der Waals surface area contributed by atoms with E-state index in [0.29, 0.717) is 18.6 Å². The highest BCUT2D eigenvalue weighted by atomic mass is 16.2. The SMILES string of the molecule is CCN(C(=O)CN1CCC(N)CC1C)C1=CCCCC1. The molecule has 4 heteroatoms. The van der Waals surface area contributed by atoms with Crippen LogP contribution >= 0.6 is 0 Å². The molecule has 0 saturated carbocycles. The van der Waals surface area contributed by atoms with Gasteiger partial charge in [0.15, 0.2) is 0 Å². The van der Waals surface area contributed by atoms with Gasteiger partial charge in [-0.25, -0.2) is 0 Å². The van der Waals surface area contributed by atoms with Gasteiger partial charge in [-0.1, -0.05) is 6.08 Å². The second-order valence-electron chi connectivity index (χ2n) is 6.18. The highest BCUT2D eigenvalue weighted by Crippen LogP contribution is 2.22. The van der Waals surface area contributed by atoms with Gasteiger partial charge < -0.3 is 10.6 Å². The van der Waals surface area contributed by atoms with Crippen molar-refractivity contribution in [2.75, 3.05) is 19.6 Å². The Kier molecular flexibility index (Phi) is 5.61. The molecule has 1 saturated heterocycles. The number of rotatable bonds is 4. The molecule has 0 aromatic carbocycles. The Balaban J connectivity index is 1.93. The van der Waals surface area contributed by atoms with Crippen molar-refractivity contribution >= 4 is 5.91 Å². The van der Waals surface area contributed by atoms with Crippen LogP contribution in [0.3, 0.4) is 0 Å². The molecule has 2 atom stereocenters. The lowest BCUT2D eigenvalue weighted by Gasteiger charge is -2.37. The average Bonchev–Trinajstić information content (AvgIpc) is 2.44. The van der Waals surface area contributed by atoms with Gasteiger partial charge in [-0.15, -0.1) is 0 Å². The molecular weight excluding hydrogens is 250 g/mol. The number of likely N-dealkylation sites (tertiary alicyclic amines) is 1. The van der Waals surface area contributed by atoms with Gasteiger partial charge in [0, 0.05) is 30.9 Å². The number of hydrogen-bond acceptors (Lipinski definition) is 3. The number of carbonyl (C=O) groups excluding carboxylic acids is 1. The first-order valence-electron chi connectivity index (χ1n) is 8.10. The Bertz CT molecular complexity index is 367. The maximum Gasteiger partial charge on any atom is 0.240 e. The van der Waals surface area contributed by atoms with E-state index >= 15 is 0 Å². The molecule has 0 radical (unpaired) electrons. The molecule has 2 aliphatic rings. The summed E-state index contributed by atoms with van der Waals surface area (Å²) >= 11 is 0. The van der Waals surface area contributed by atoms with E-state index in [1.54, 1.807) is 0 Å². The first-order valence-corrected chi connectivity index (χ1v) is 8.10. The third kappa shape index (κ3) is 3.83. The van der Waals surface area contributed by atoms with Crippen molar-refractivity contribution in [1.29, 1.82) is 0 Å². The van der Waals surface area contributed by atoms with Crippen molar-refractivity contribution in [2.45, 2.75) is 64.5 Å². The van der Waals surface area contributed by atoms with Crippen LogP contribution in [0.2, 0.25) is 0 Å². The maximum absolute atomic E-state index is 12.6. The number of hydrogen-bond donors (Lipinski definition) is 1. The molecule has 2 rings (SSSR count). The number of likely N-dealkylation sites (N-methyl/N-ethyl adjacent to an activating group) is 1. The molecule has 1 amide bonds. The molecule has 114 valence electrons. The molecule has 20 heavy (non-hydrogen) atoms. The molecule has 1 fully saturated rings. The fraction of sp³-hybridized carbons (Fsp3) is 0.812. The van der Waals surface area contributed by atoms with Gasteiger partial charge in [-0.3, -0.25) is 9.69 Å². The third-order valence-corrected chi connectivity index (χ3v) is 4.62. The Hall–Kier alpha value is -0.870. The minimum atomic E-state index is 0.253. The zero-order valence-electron chi connectivity index (χ0n) is 13.0. The highest BCUT2D eigenvalue weighted by Gasteiger charge is 2.27. The summed E-state index contributed by atoms with van der Waals surface area (Å²) in [4.78, 5) is 16.9. The van der Waals surface area contributed by atoms with Crippen LogP contribution in [0.1, 0.15) is 52.4 Å². The zero-order chi connectivity index (χ0) is 14.5. The van der Waals surface area contributed by atoms with E-state index in [0.717, 1.165) is 38.8 Å². The van der Waals surface area contributed by atoms with E-state index in [4.69, 9.17) is 5.73 Å². The van der Waals surface area contributed by atoms with Gasteiger partial charge in [0.2, 0.25) is 5.91 Å². The third-order valence-electron chi connectivity index (χ3n) is 4.62. The van der Waals surface area contributed by atoms with Gasteiger partial charge >= 0.3 is 0 Å². The lowest BCUT2D eigenvalue weighted by Crippen LogP contribution is -2.49. The van der Waals surface area contributed by atoms with Gasteiger partial charge in [-0.05, 0) is 52.4 Å². The van der Waals surface area contributed by atoms with Crippen LogP contribution < -0.4 is 5.73 Å². The van der Waals surface area contributed by atoms with E-state index in [1.807, 2.05) is 4.90 Å². The van der Waals surface area contributed by atoms with Crippen molar-refractivity contribution in [1.82, 2.24) is 9.80 Å². The molecule has 0 aromatic rings. The Morgan fingerprint density at radius 3 is 2.90 bits per heavy atom. The van der Waals surface area contributed by atoms with Crippen LogP contribution in [0.15, 0.2) is 11.8 Å². The first-order chi connectivity index (χ1) is 9.61. The molecular formula is C16H29N3O. The number of allylic oxidation sites excluding steroid dienone is 2. The number of nitrogens with zero attached hydrogens (tertiary/aromatic N) is 2. The topological polar surface area (TPSA) is 49.6 Å². The molecule has 0 bridgehead atoms. The van der Waals surface area contributed by atoms with Crippen molar-refractivity contribution in [3.63, 3.8) is 0 Å². The molecule has 1 aliphatic carbocycles. The molecule has 2 N–H and O–H groups in total. The quantitative estimate of drug-likeness (QED) is 0.857. The van der Waals surface area contributed by atoms with Crippen molar-refractivity contribution in [3.05, 3.63) is 11.8 Å². The Morgan fingerprint density at radius 2 is 2.30 bits per heavy atom. The Morgan fingerprint density at radius 1 is 1.50 bits per heavy atom. The van der Waals surface area contributed by atoms with Crippen LogP contribution in [0.5, 0.6) is 0 Å². The van der Waals surface area contributed by atoms with E-state index in [1.165, 1.54) is 18.5 Å². The summed E-state index contributed by atoms with van der Waals surface area (Å²) in [5.74, 6) is 0.253. The van der Waals surface area contributed by atoms with Crippen LogP contribution in [-0.4, -0.2) is 47.4 Å². The predicted molar refractivity (Wildman–Crippen MR) is 82.2 cm³/mol. The standard InChI is InChI=1S/C16H29N3O/c1-3-19(15-7-5-4-6-8-15)16(20)12-18-10-9-14(17)11-13(18)2/h7,13-14H,3-6,8-12,17H2,1-2H3. The lowest BCUT2D eigenvalue weighted by atomic mass is 9.99. The second-order valence-corrected chi connectivity index (χ2v) is 6.18. The average molecular weight is 279 g/mol. The van der Waals surface area contributed by atoms with Crippen LogP contribution in [0.25, 0.3) is 0 Å². The molecule has 1 aliphatic heterocycles. The highest BCUT2D eigenvalue weighted by molar-refractivity contribution is 5.80. The van der Waals surface area contributed by atoms with E-state index in [-0.39, 0.29) is 5.91 Å². The Labute approximate surface area is 123 Å². The fourth-order valence-corrected chi connectivity index (χ4v) is 3.36. The van der Waals surface area contributed by atoms with Gasteiger partial charge in [0.1, 0.15) is 0 Å². The molecule has 2 unspecified atom stereocenters. The van der Waals surface area contributed by atoms with Crippen LogP contribution in [-0.2, 0) is 4.79 Å². The molecule has 1 heterocycles. The van der Waals surface area contributed by atoms with Gasteiger partial charge in [0.25, 0.3) is 0 Å². The largest absolute Gasteiger partial charge is 0.328 e. The fourth-order valence-electron chi connectivity index (χ4n) is 3.36. The number of nitrogens with two attached hydrogens (primary N) is 1. The summed E-state index contributed by atoms with van der Waals surface area (Å²) < 4.78 is 0. The van der Waals surface area contributed by atoms with Gasteiger partial charge in [-0.2, -0.15) is 0 Å². The lowest BCUT2D eigenvalue weighted by molar-refractivity contribution is -0.131. The number of piperidine rings is 1. The van der Waals surface area contributed by atoms with Crippen molar-refractivity contribution < 1.29 is 4.79 Å². The van der Waals surface area contributed by atoms with Crippen LogP contribution in [0.4, 0.5) is 0 Å². The van der Waals surface area contributed by atoms with Gasteiger partial charge in [0.05, 0.1) is 6.54 Å². The van der Waals surface area contributed by atoms with Crippen molar-refractivity contribution in [3.8, 4) is 0 Å². The molecule has 4 nitrogen and oxygen atoms in total. The minimum absolute atomic E-state index is 0.253. The van der Waals surface area contributed by atoms with Crippen LogP contribution in [0, 0.1) is 0 Å². The van der Waals surface area contributed by atoms with E-state index in [2.05, 4.69) is 24.8 Å². The maximum atomic E-state index is 12.6. The normalized spacial score (nSPS) is 28.1. The summed E-state index contributed by atoms with van der Waals surface area (Å²) in [5.41, 5.74) is 7.23. The van der Waals surface area contributed by atoms with Crippen molar-refractivity contribution in [2.24, 2.45) is 5.73 Å². The predicted octanol–water partition coefficient (Wildman–Crippen LogP) is 2.10. The first kappa shape index (κ1) is 15.5. The zero-order valence-corrected chi connectivity index (χ0v) is 13.0. The molecule has 0 spiro atoms.